The number of hydrogen-bond donors (Lipinski definition) is 2. The number of rotatable bonds is 3. The average Bonchev–Trinajstić information content (AvgIpc) is 2.28. The molecule has 1 aliphatic rings. The van der Waals surface area contributed by atoms with Gasteiger partial charge >= 0.3 is 0 Å². The lowest BCUT2D eigenvalue weighted by Crippen LogP contribution is -2.48. The number of aromatic nitrogens is 2. The predicted octanol–water partition coefficient (Wildman–Crippen LogP) is -0.859. The summed E-state index contributed by atoms with van der Waals surface area (Å²) in [5.74, 6) is 1.56. The third-order valence-electron chi connectivity index (χ3n) is 2.41. The number of nitrogens with one attached hydrogen (secondary N) is 1. The maximum atomic E-state index is 11.3. The molecule has 3 N–H and O–H groups in total. The van der Waals surface area contributed by atoms with E-state index in [1.54, 1.807) is 13.2 Å². The Morgan fingerprint density at radius 2 is 2.41 bits per heavy atom. The maximum Gasteiger partial charge on any atom is 0.239 e. The quantitative estimate of drug-likeness (QED) is 0.710. The highest BCUT2D eigenvalue weighted by Gasteiger charge is 2.18. The van der Waals surface area contributed by atoms with Crippen LogP contribution < -0.4 is 16.0 Å². The predicted molar refractivity (Wildman–Crippen MR) is 62.4 cm³/mol. The second kappa shape index (κ2) is 4.96. The zero-order valence-corrected chi connectivity index (χ0v) is 9.64. The van der Waals surface area contributed by atoms with Gasteiger partial charge in [-0.15, -0.1) is 0 Å². The van der Waals surface area contributed by atoms with Gasteiger partial charge in [0.2, 0.25) is 5.91 Å². The lowest BCUT2D eigenvalue weighted by molar-refractivity contribution is -0.120. The molecule has 1 amide bonds. The van der Waals surface area contributed by atoms with Crippen LogP contribution in [0.4, 0.5) is 11.6 Å². The molecule has 0 saturated carbocycles. The van der Waals surface area contributed by atoms with Gasteiger partial charge in [0.15, 0.2) is 5.82 Å². The van der Waals surface area contributed by atoms with Gasteiger partial charge in [0, 0.05) is 26.3 Å². The Hall–Kier alpha value is -1.89. The summed E-state index contributed by atoms with van der Waals surface area (Å²) in [6, 6.07) is 1.66. The molecule has 0 unspecified atom stereocenters. The second-order valence-electron chi connectivity index (χ2n) is 3.77. The summed E-state index contributed by atoms with van der Waals surface area (Å²) >= 11 is 0. The number of carbonyl (C=O) groups is 1. The number of nitrogens with zero attached hydrogens (tertiary/aromatic N) is 3. The minimum absolute atomic E-state index is 0.0123. The first-order chi connectivity index (χ1) is 8.19. The highest BCUT2D eigenvalue weighted by atomic mass is 16.5. The Morgan fingerprint density at radius 1 is 1.59 bits per heavy atom. The molecule has 0 radical (unpaired) electrons. The van der Waals surface area contributed by atoms with E-state index in [-0.39, 0.29) is 5.91 Å². The molecule has 17 heavy (non-hydrogen) atoms. The number of amides is 1. The largest absolute Gasteiger partial charge is 0.384 e. The van der Waals surface area contributed by atoms with Gasteiger partial charge < -0.3 is 20.7 Å². The number of nitrogens with two attached hydrogens (primary N) is 1. The van der Waals surface area contributed by atoms with Crippen LogP contribution in [0, 0.1) is 0 Å². The average molecular weight is 237 g/mol. The number of anilines is 2. The van der Waals surface area contributed by atoms with E-state index in [0.717, 1.165) is 0 Å². The summed E-state index contributed by atoms with van der Waals surface area (Å²) in [5.41, 5.74) is 5.70. The van der Waals surface area contributed by atoms with Gasteiger partial charge in [0.05, 0.1) is 6.54 Å². The molecule has 0 bridgehead atoms. The Bertz CT molecular complexity index is 423. The first-order valence-electron chi connectivity index (χ1n) is 5.33. The van der Waals surface area contributed by atoms with Crippen LogP contribution >= 0.6 is 0 Å². The van der Waals surface area contributed by atoms with Crippen molar-refractivity contribution < 1.29 is 9.53 Å². The number of methoxy groups -OCH3 is 1. The van der Waals surface area contributed by atoms with Crippen molar-refractivity contribution in [3.8, 4) is 0 Å². The van der Waals surface area contributed by atoms with Crippen LogP contribution in [0.5, 0.6) is 0 Å². The Morgan fingerprint density at radius 3 is 3.12 bits per heavy atom. The summed E-state index contributed by atoms with van der Waals surface area (Å²) in [4.78, 5) is 21.5. The van der Waals surface area contributed by atoms with Crippen LogP contribution in [0.25, 0.3) is 0 Å². The van der Waals surface area contributed by atoms with Gasteiger partial charge in [0.1, 0.15) is 18.2 Å². The van der Waals surface area contributed by atoms with Crippen molar-refractivity contribution in [1.29, 1.82) is 0 Å². The minimum atomic E-state index is -0.0123. The van der Waals surface area contributed by atoms with Crippen molar-refractivity contribution in [3.05, 3.63) is 11.9 Å². The number of ether oxygens (including phenoxy) is 1. The molecule has 7 nitrogen and oxygen atoms in total. The van der Waals surface area contributed by atoms with E-state index in [9.17, 15) is 4.79 Å². The molecule has 1 aliphatic heterocycles. The minimum Gasteiger partial charge on any atom is -0.384 e. The molecule has 2 rings (SSSR count). The van der Waals surface area contributed by atoms with E-state index in [0.29, 0.717) is 43.7 Å². The van der Waals surface area contributed by atoms with Crippen molar-refractivity contribution in [2.75, 3.05) is 37.4 Å². The maximum absolute atomic E-state index is 11.3. The Kier molecular flexibility index (Phi) is 3.38. The number of hydrogen-bond acceptors (Lipinski definition) is 6. The standard InChI is InChI=1S/C10H15N5O2/c1-17-6-8-13-7(11)4-9(14-8)15-3-2-12-10(16)5-15/h4H,2-3,5-6H2,1H3,(H,12,16)(H2,11,13,14). The molecule has 1 fully saturated rings. The zero-order chi connectivity index (χ0) is 12.3. The first kappa shape index (κ1) is 11.6. The monoisotopic (exact) mass is 237 g/mol. The van der Waals surface area contributed by atoms with Crippen LogP contribution in [0.3, 0.4) is 0 Å². The molecule has 2 heterocycles. The molecular formula is C10H15N5O2. The van der Waals surface area contributed by atoms with Gasteiger partial charge in [-0.3, -0.25) is 4.79 Å². The molecule has 7 heteroatoms. The molecule has 0 aliphatic carbocycles. The second-order valence-corrected chi connectivity index (χ2v) is 3.77. The summed E-state index contributed by atoms with van der Waals surface area (Å²) in [6.45, 7) is 1.93. The zero-order valence-electron chi connectivity index (χ0n) is 9.64. The molecule has 92 valence electrons. The van der Waals surface area contributed by atoms with Crippen molar-refractivity contribution >= 4 is 17.5 Å². The summed E-state index contributed by atoms with van der Waals surface area (Å²) in [6.07, 6.45) is 0. The van der Waals surface area contributed by atoms with E-state index < -0.39 is 0 Å². The highest BCUT2D eigenvalue weighted by Crippen LogP contribution is 2.15. The summed E-state index contributed by atoms with van der Waals surface area (Å²) in [7, 11) is 1.57. The van der Waals surface area contributed by atoms with Gasteiger partial charge in [-0.2, -0.15) is 0 Å². The lowest BCUT2D eigenvalue weighted by atomic mass is 10.3. The fraction of sp³-hybridized carbons (Fsp3) is 0.500. The number of carbonyl (C=O) groups excluding carboxylic acids is 1. The summed E-state index contributed by atoms with van der Waals surface area (Å²) < 4.78 is 4.97. The van der Waals surface area contributed by atoms with E-state index in [4.69, 9.17) is 10.5 Å². The van der Waals surface area contributed by atoms with Crippen molar-refractivity contribution in [2.24, 2.45) is 0 Å². The molecule has 1 aromatic heterocycles. The normalized spacial score (nSPS) is 15.8. The third-order valence-corrected chi connectivity index (χ3v) is 2.41. The molecule has 1 aromatic rings. The molecule has 1 saturated heterocycles. The molecule has 0 atom stereocenters. The van der Waals surface area contributed by atoms with E-state index in [2.05, 4.69) is 15.3 Å². The number of nitrogen functional groups attached to an aromatic ring is 1. The van der Waals surface area contributed by atoms with Crippen molar-refractivity contribution in [3.63, 3.8) is 0 Å². The van der Waals surface area contributed by atoms with Gasteiger partial charge in [-0.1, -0.05) is 0 Å². The van der Waals surface area contributed by atoms with Crippen LogP contribution in [0.15, 0.2) is 6.07 Å². The van der Waals surface area contributed by atoms with Crippen molar-refractivity contribution in [1.82, 2.24) is 15.3 Å². The first-order valence-corrected chi connectivity index (χ1v) is 5.33. The van der Waals surface area contributed by atoms with Crippen LogP contribution in [0.1, 0.15) is 5.82 Å². The lowest BCUT2D eigenvalue weighted by Gasteiger charge is -2.27. The van der Waals surface area contributed by atoms with Crippen molar-refractivity contribution in [2.45, 2.75) is 6.61 Å². The van der Waals surface area contributed by atoms with Gasteiger partial charge in [-0.25, -0.2) is 9.97 Å². The topological polar surface area (TPSA) is 93.4 Å². The van der Waals surface area contributed by atoms with E-state index >= 15 is 0 Å². The fourth-order valence-corrected chi connectivity index (χ4v) is 1.69. The Labute approximate surface area is 99.0 Å². The summed E-state index contributed by atoms with van der Waals surface area (Å²) in [5, 5.41) is 2.76. The molecule has 0 aromatic carbocycles. The van der Waals surface area contributed by atoms with Crippen LogP contribution in [-0.2, 0) is 16.1 Å². The highest BCUT2D eigenvalue weighted by molar-refractivity contribution is 5.82. The van der Waals surface area contributed by atoms with Gasteiger partial charge in [-0.05, 0) is 0 Å². The van der Waals surface area contributed by atoms with Crippen LogP contribution in [0.2, 0.25) is 0 Å². The molecule has 0 spiro atoms. The SMILES string of the molecule is COCc1nc(N)cc(N2CCNC(=O)C2)n1. The van der Waals surface area contributed by atoms with Crippen LogP contribution in [-0.4, -0.2) is 42.6 Å². The number of piperazine rings is 1. The van der Waals surface area contributed by atoms with E-state index in [1.165, 1.54) is 0 Å². The van der Waals surface area contributed by atoms with E-state index in [1.807, 2.05) is 4.90 Å². The fourth-order valence-electron chi connectivity index (χ4n) is 1.69. The molecular weight excluding hydrogens is 222 g/mol. The third kappa shape index (κ3) is 2.82. The smallest absolute Gasteiger partial charge is 0.239 e. The van der Waals surface area contributed by atoms with Gasteiger partial charge in [0.25, 0.3) is 0 Å². The Balaban J connectivity index is 2.21.